The van der Waals surface area contributed by atoms with E-state index in [1.54, 1.807) is 6.92 Å². The lowest BCUT2D eigenvalue weighted by Crippen LogP contribution is -2.16. The van der Waals surface area contributed by atoms with Gasteiger partial charge in [-0.2, -0.15) is 0 Å². The predicted octanol–water partition coefficient (Wildman–Crippen LogP) is 3.01. The van der Waals surface area contributed by atoms with Gasteiger partial charge < -0.3 is 10.1 Å². The van der Waals surface area contributed by atoms with Crippen LogP contribution < -0.4 is 5.32 Å². The number of hydrogen-bond donors (Lipinski definition) is 1. The van der Waals surface area contributed by atoms with Crippen LogP contribution in [0.15, 0.2) is 0 Å². The van der Waals surface area contributed by atoms with Crippen molar-refractivity contribution in [3.05, 3.63) is 16.0 Å². The summed E-state index contributed by atoms with van der Waals surface area (Å²) in [5, 5.41) is 3.41. The summed E-state index contributed by atoms with van der Waals surface area (Å²) < 4.78 is 5.13. The number of esters is 1. The zero-order valence-corrected chi connectivity index (χ0v) is 12.4. The predicted molar refractivity (Wildman–Crippen MR) is 75.8 cm³/mol. The van der Waals surface area contributed by atoms with Gasteiger partial charge in [-0.25, -0.2) is 4.79 Å². The Labute approximate surface area is 117 Å². The number of ether oxygens (including phenoxy) is 1. The second-order valence-corrected chi connectivity index (χ2v) is 6.06. The number of fused-ring (bicyclic) bond motifs is 1. The lowest BCUT2D eigenvalue weighted by Gasteiger charge is -2.18. The summed E-state index contributed by atoms with van der Waals surface area (Å²) in [6.45, 7) is 5.78. The number of carbonyl (C=O) groups is 2. The molecule has 1 N–H and O–H groups in total. The van der Waals surface area contributed by atoms with Crippen molar-refractivity contribution in [1.82, 2.24) is 0 Å². The van der Waals surface area contributed by atoms with Gasteiger partial charge in [0.1, 0.15) is 5.00 Å². The first-order valence-corrected chi connectivity index (χ1v) is 7.43. The lowest BCUT2D eigenvalue weighted by molar-refractivity contribution is -0.114. The molecule has 0 bridgehead atoms. The average Bonchev–Trinajstić information content (AvgIpc) is 2.65. The van der Waals surface area contributed by atoms with Crippen LogP contribution in [0.25, 0.3) is 0 Å². The molecule has 4 nitrogen and oxygen atoms in total. The van der Waals surface area contributed by atoms with Gasteiger partial charge in [-0.1, -0.05) is 6.92 Å². The number of aryl methyl sites for hydroxylation is 1. The molecule has 1 amide bonds. The minimum absolute atomic E-state index is 0.155. The normalized spacial score (nSPS) is 17.7. The minimum atomic E-state index is -0.321. The summed E-state index contributed by atoms with van der Waals surface area (Å²) >= 11 is 1.51. The van der Waals surface area contributed by atoms with Crippen molar-refractivity contribution in [3.63, 3.8) is 0 Å². The Morgan fingerprint density at radius 2 is 2.21 bits per heavy atom. The minimum Gasteiger partial charge on any atom is -0.462 e. The molecule has 104 valence electrons. The number of thiophene rings is 1. The highest BCUT2D eigenvalue weighted by atomic mass is 32.1. The molecule has 0 fully saturated rings. The largest absolute Gasteiger partial charge is 0.462 e. The van der Waals surface area contributed by atoms with Gasteiger partial charge in [0.15, 0.2) is 0 Å². The molecule has 0 aliphatic heterocycles. The molecule has 1 aliphatic rings. The average molecular weight is 281 g/mol. The highest BCUT2D eigenvalue weighted by molar-refractivity contribution is 7.17. The summed E-state index contributed by atoms with van der Waals surface area (Å²) in [7, 11) is 0. The first-order chi connectivity index (χ1) is 9.02. The van der Waals surface area contributed by atoms with Crippen LogP contribution in [0.4, 0.5) is 5.00 Å². The quantitative estimate of drug-likeness (QED) is 0.866. The van der Waals surface area contributed by atoms with E-state index in [0.717, 1.165) is 24.8 Å². The number of anilines is 1. The van der Waals surface area contributed by atoms with Crippen LogP contribution in [-0.2, 0) is 22.4 Å². The maximum atomic E-state index is 12.1. The molecule has 19 heavy (non-hydrogen) atoms. The summed E-state index contributed by atoms with van der Waals surface area (Å²) in [6.07, 6.45) is 3.00. The molecular formula is C14H19NO3S. The van der Waals surface area contributed by atoms with Crippen LogP contribution in [0.5, 0.6) is 0 Å². The Morgan fingerprint density at radius 3 is 2.84 bits per heavy atom. The van der Waals surface area contributed by atoms with E-state index in [1.165, 1.54) is 23.1 Å². The lowest BCUT2D eigenvalue weighted by atomic mass is 9.88. The highest BCUT2D eigenvalue weighted by Crippen LogP contribution is 2.39. The van der Waals surface area contributed by atoms with Crippen molar-refractivity contribution in [2.45, 2.75) is 40.0 Å². The molecule has 1 heterocycles. The standard InChI is InChI=1S/C14H19NO3S/c1-4-18-14(17)12-10-7-8(2)5-6-11(10)19-13(12)15-9(3)16/h8H,4-7H2,1-3H3,(H,15,16)/t8-/m1/s1. The third-order valence-electron chi connectivity index (χ3n) is 3.28. The van der Waals surface area contributed by atoms with Gasteiger partial charge in [-0.3, -0.25) is 4.79 Å². The van der Waals surface area contributed by atoms with Crippen LogP contribution in [-0.4, -0.2) is 18.5 Å². The van der Waals surface area contributed by atoms with Crippen LogP contribution in [0.1, 0.15) is 48.0 Å². The van der Waals surface area contributed by atoms with Gasteiger partial charge in [0, 0.05) is 11.8 Å². The van der Waals surface area contributed by atoms with Crippen LogP contribution in [0.2, 0.25) is 0 Å². The summed E-state index contributed by atoms with van der Waals surface area (Å²) in [5.74, 6) is 0.0931. The maximum absolute atomic E-state index is 12.1. The fraction of sp³-hybridized carbons (Fsp3) is 0.571. The van der Waals surface area contributed by atoms with E-state index in [1.807, 2.05) is 0 Å². The van der Waals surface area contributed by atoms with Crippen molar-refractivity contribution < 1.29 is 14.3 Å². The fourth-order valence-electron chi connectivity index (χ4n) is 2.43. The summed E-state index contributed by atoms with van der Waals surface area (Å²) in [4.78, 5) is 24.6. The van der Waals surface area contributed by atoms with Crippen molar-refractivity contribution in [2.75, 3.05) is 11.9 Å². The fourth-order valence-corrected chi connectivity index (χ4v) is 3.70. The van der Waals surface area contributed by atoms with E-state index in [9.17, 15) is 9.59 Å². The number of nitrogens with one attached hydrogen (secondary N) is 1. The van der Waals surface area contributed by atoms with E-state index in [4.69, 9.17) is 4.74 Å². The molecule has 1 aromatic heterocycles. The number of rotatable bonds is 3. The summed E-state index contributed by atoms with van der Waals surface area (Å²) in [5.41, 5.74) is 1.65. The van der Waals surface area contributed by atoms with Crippen LogP contribution in [0.3, 0.4) is 0 Å². The van der Waals surface area contributed by atoms with Gasteiger partial charge in [-0.05, 0) is 37.7 Å². The van der Waals surface area contributed by atoms with Gasteiger partial charge in [0.25, 0.3) is 0 Å². The SMILES string of the molecule is CCOC(=O)c1c(NC(C)=O)sc2c1C[C@H](C)CC2. The molecule has 0 radical (unpaired) electrons. The van der Waals surface area contributed by atoms with E-state index >= 15 is 0 Å². The second kappa shape index (κ2) is 5.74. The molecule has 2 rings (SSSR count). The van der Waals surface area contributed by atoms with Crippen LogP contribution >= 0.6 is 11.3 Å². The van der Waals surface area contributed by atoms with Gasteiger partial charge >= 0.3 is 5.97 Å². The second-order valence-electron chi connectivity index (χ2n) is 4.96. The van der Waals surface area contributed by atoms with Crippen molar-refractivity contribution in [2.24, 2.45) is 5.92 Å². The first-order valence-electron chi connectivity index (χ1n) is 6.62. The molecule has 0 saturated carbocycles. The zero-order chi connectivity index (χ0) is 14.0. The van der Waals surface area contributed by atoms with E-state index in [0.29, 0.717) is 23.1 Å². The smallest absolute Gasteiger partial charge is 0.341 e. The molecule has 1 aromatic rings. The summed E-state index contributed by atoms with van der Waals surface area (Å²) in [6, 6.07) is 0. The number of hydrogen-bond acceptors (Lipinski definition) is 4. The van der Waals surface area contributed by atoms with E-state index < -0.39 is 0 Å². The molecule has 1 aliphatic carbocycles. The Morgan fingerprint density at radius 1 is 1.47 bits per heavy atom. The van der Waals surface area contributed by atoms with Crippen molar-refractivity contribution in [3.8, 4) is 0 Å². The Hall–Kier alpha value is -1.36. The molecule has 5 heteroatoms. The van der Waals surface area contributed by atoms with E-state index in [2.05, 4.69) is 12.2 Å². The van der Waals surface area contributed by atoms with Crippen LogP contribution in [0, 0.1) is 5.92 Å². The Balaban J connectivity index is 2.43. The van der Waals surface area contributed by atoms with Crippen molar-refractivity contribution in [1.29, 1.82) is 0 Å². The van der Waals surface area contributed by atoms with Gasteiger partial charge in [0.05, 0.1) is 12.2 Å². The van der Waals surface area contributed by atoms with Gasteiger partial charge in [-0.15, -0.1) is 11.3 Å². The monoisotopic (exact) mass is 281 g/mol. The molecule has 0 saturated heterocycles. The molecule has 1 atom stereocenters. The number of amides is 1. The highest BCUT2D eigenvalue weighted by Gasteiger charge is 2.28. The third-order valence-corrected chi connectivity index (χ3v) is 4.48. The maximum Gasteiger partial charge on any atom is 0.341 e. The Bertz CT molecular complexity index is 507. The van der Waals surface area contributed by atoms with E-state index in [-0.39, 0.29) is 11.9 Å². The molecule has 0 aromatic carbocycles. The number of carbonyl (C=O) groups excluding carboxylic acids is 2. The zero-order valence-electron chi connectivity index (χ0n) is 11.5. The first kappa shape index (κ1) is 14.1. The Kier molecular flexibility index (Phi) is 4.24. The van der Waals surface area contributed by atoms with Gasteiger partial charge in [0.2, 0.25) is 5.91 Å². The molecular weight excluding hydrogens is 262 g/mol. The molecule has 0 spiro atoms. The van der Waals surface area contributed by atoms with Crippen molar-refractivity contribution >= 4 is 28.2 Å². The topological polar surface area (TPSA) is 55.4 Å². The third kappa shape index (κ3) is 2.97. The molecule has 0 unspecified atom stereocenters.